The molecule has 20 heavy (non-hydrogen) atoms. The van der Waals surface area contributed by atoms with Crippen molar-refractivity contribution in [3.05, 3.63) is 17.7 Å². The van der Waals surface area contributed by atoms with Crippen molar-refractivity contribution in [1.82, 2.24) is 0 Å². The predicted molar refractivity (Wildman–Crippen MR) is 81.8 cm³/mol. The zero-order chi connectivity index (χ0) is 13.8. The topological polar surface area (TPSA) is 44.7 Å². The van der Waals surface area contributed by atoms with Gasteiger partial charge in [0.15, 0.2) is 0 Å². The normalized spacial score (nSPS) is 20.3. The molecule has 0 bridgehead atoms. The minimum atomic E-state index is 0.443. The minimum absolute atomic E-state index is 0.443. The molecule has 0 saturated carbocycles. The number of benzene rings is 1. The number of nitrogens with zero attached hydrogens (tertiary/aromatic N) is 1. The lowest BCUT2D eigenvalue weighted by molar-refractivity contribution is 0.122. The third kappa shape index (κ3) is 3.01. The fourth-order valence-corrected chi connectivity index (χ4v) is 3.07. The Morgan fingerprint density at radius 3 is 2.70 bits per heavy atom. The Morgan fingerprint density at radius 2 is 1.85 bits per heavy atom. The van der Waals surface area contributed by atoms with Gasteiger partial charge in [0.05, 0.1) is 13.2 Å². The molecule has 4 nitrogen and oxygen atoms in total. The van der Waals surface area contributed by atoms with E-state index in [0.29, 0.717) is 5.75 Å². The Morgan fingerprint density at radius 1 is 1.05 bits per heavy atom. The van der Waals surface area contributed by atoms with Gasteiger partial charge in [0.2, 0.25) is 0 Å². The average molecular weight is 276 g/mol. The maximum Gasteiger partial charge on any atom is 0.122 e. The van der Waals surface area contributed by atoms with Crippen molar-refractivity contribution in [2.45, 2.75) is 32.1 Å². The first-order valence-electron chi connectivity index (χ1n) is 7.77. The van der Waals surface area contributed by atoms with Gasteiger partial charge in [0.25, 0.3) is 0 Å². The highest BCUT2D eigenvalue weighted by atomic mass is 16.5. The van der Waals surface area contributed by atoms with Crippen LogP contribution in [-0.2, 0) is 11.2 Å². The van der Waals surface area contributed by atoms with Crippen LogP contribution in [0.15, 0.2) is 12.1 Å². The Labute approximate surface area is 120 Å². The van der Waals surface area contributed by atoms with Crippen LogP contribution in [0.5, 0.6) is 5.75 Å². The van der Waals surface area contributed by atoms with Crippen LogP contribution in [0.1, 0.15) is 31.2 Å². The summed E-state index contributed by atoms with van der Waals surface area (Å²) in [5.41, 5.74) is 3.31. The van der Waals surface area contributed by atoms with E-state index in [1.165, 1.54) is 25.7 Å². The molecule has 0 amide bonds. The van der Waals surface area contributed by atoms with Gasteiger partial charge >= 0.3 is 0 Å². The molecule has 2 aliphatic heterocycles. The molecule has 3 rings (SSSR count). The number of aromatic hydroxyl groups is 1. The minimum Gasteiger partial charge on any atom is -0.508 e. The summed E-state index contributed by atoms with van der Waals surface area (Å²) in [6.45, 7) is 4.34. The molecule has 1 aromatic carbocycles. The van der Waals surface area contributed by atoms with Gasteiger partial charge in [0.1, 0.15) is 5.75 Å². The summed E-state index contributed by atoms with van der Waals surface area (Å²) in [6.07, 6.45) is 5.88. The molecule has 0 atom stereocenters. The highest BCUT2D eigenvalue weighted by Gasteiger charge is 2.16. The Kier molecular flexibility index (Phi) is 4.31. The van der Waals surface area contributed by atoms with E-state index in [-0.39, 0.29) is 0 Å². The zero-order valence-corrected chi connectivity index (χ0v) is 12.0. The lowest BCUT2D eigenvalue weighted by Gasteiger charge is -2.30. The molecule has 2 aliphatic rings. The highest BCUT2D eigenvalue weighted by Crippen LogP contribution is 2.34. The molecule has 0 radical (unpaired) electrons. The van der Waals surface area contributed by atoms with Gasteiger partial charge < -0.3 is 20.1 Å². The van der Waals surface area contributed by atoms with Crippen molar-refractivity contribution < 1.29 is 9.84 Å². The Bertz CT molecular complexity index is 456. The van der Waals surface area contributed by atoms with Crippen molar-refractivity contribution in [3.8, 4) is 5.75 Å². The van der Waals surface area contributed by atoms with Crippen LogP contribution < -0.4 is 10.2 Å². The summed E-state index contributed by atoms with van der Waals surface area (Å²) >= 11 is 0. The van der Waals surface area contributed by atoms with Gasteiger partial charge in [-0.15, -0.1) is 0 Å². The number of hydrogen-bond acceptors (Lipinski definition) is 4. The molecule has 1 saturated heterocycles. The summed E-state index contributed by atoms with van der Waals surface area (Å²) in [5, 5.41) is 13.9. The first-order valence-corrected chi connectivity index (χ1v) is 7.77. The second kappa shape index (κ2) is 6.35. The van der Waals surface area contributed by atoms with E-state index >= 15 is 0 Å². The number of fused-ring (bicyclic) bond motifs is 1. The van der Waals surface area contributed by atoms with E-state index in [4.69, 9.17) is 4.74 Å². The molecule has 4 heteroatoms. The van der Waals surface area contributed by atoms with Crippen molar-refractivity contribution in [2.75, 3.05) is 43.1 Å². The van der Waals surface area contributed by atoms with Crippen LogP contribution in [0.3, 0.4) is 0 Å². The van der Waals surface area contributed by atoms with Crippen molar-refractivity contribution in [1.29, 1.82) is 0 Å². The molecule has 0 aromatic heterocycles. The molecule has 0 spiro atoms. The largest absolute Gasteiger partial charge is 0.508 e. The standard InChI is InChI=1S/C16H24N2O2/c19-16-12-13(18-7-9-20-10-8-18)11-15-14(16)5-3-1-2-4-6-17-15/h11-12,17,19H,1-10H2. The third-order valence-electron chi connectivity index (χ3n) is 4.26. The number of nitrogens with one attached hydrogen (secondary N) is 1. The SMILES string of the molecule is Oc1cc(N2CCOCC2)cc2c1CCCCCCN2. The van der Waals surface area contributed by atoms with Gasteiger partial charge in [-0.3, -0.25) is 0 Å². The Balaban J connectivity index is 1.88. The number of morpholine rings is 1. The van der Waals surface area contributed by atoms with Crippen LogP contribution in [0.4, 0.5) is 11.4 Å². The number of ether oxygens (including phenoxy) is 1. The molecule has 1 aromatic rings. The third-order valence-corrected chi connectivity index (χ3v) is 4.26. The molecular formula is C16H24N2O2. The molecular weight excluding hydrogens is 252 g/mol. The predicted octanol–water partition coefficient (Wildman–Crippen LogP) is 2.76. The number of anilines is 2. The van der Waals surface area contributed by atoms with Gasteiger partial charge in [-0.25, -0.2) is 0 Å². The van der Waals surface area contributed by atoms with Crippen LogP contribution >= 0.6 is 0 Å². The van der Waals surface area contributed by atoms with Crippen LogP contribution in [0, 0.1) is 0 Å². The van der Waals surface area contributed by atoms with Crippen LogP contribution in [0.2, 0.25) is 0 Å². The van der Waals surface area contributed by atoms with E-state index in [2.05, 4.69) is 16.3 Å². The Hall–Kier alpha value is -1.42. The van der Waals surface area contributed by atoms with E-state index in [1.54, 1.807) is 0 Å². The second-order valence-corrected chi connectivity index (χ2v) is 5.68. The molecule has 0 aliphatic carbocycles. The lowest BCUT2D eigenvalue weighted by atomic mass is 10.0. The van der Waals surface area contributed by atoms with Gasteiger partial charge in [-0.1, -0.05) is 12.8 Å². The molecule has 0 unspecified atom stereocenters. The monoisotopic (exact) mass is 276 g/mol. The van der Waals surface area contributed by atoms with Crippen LogP contribution in [-0.4, -0.2) is 38.0 Å². The summed E-state index contributed by atoms with van der Waals surface area (Å²) < 4.78 is 5.40. The first-order chi connectivity index (χ1) is 9.84. The number of phenolic OH excluding ortho intramolecular Hbond substituents is 1. The van der Waals surface area contributed by atoms with Gasteiger partial charge in [-0.05, 0) is 25.3 Å². The molecule has 2 N–H and O–H groups in total. The summed E-state index contributed by atoms with van der Waals surface area (Å²) in [7, 11) is 0. The number of hydrogen-bond donors (Lipinski definition) is 2. The molecule has 2 heterocycles. The summed E-state index contributed by atoms with van der Waals surface area (Å²) in [4.78, 5) is 2.29. The fourth-order valence-electron chi connectivity index (χ4n) is 3.07. The summed E-state index contributed by atoms with van der Waals surface area (Å²) in [6, 6.07) is 4.12. The van der Waals surface area contributed by atoms with Crippen molar-refractivity contribution in [3.63, 3.8) is 0 Å². The van der Waals surface area contributed by atoms with E-state index < -0.39 is 0 Å². The number of phenols is 1. The van der Waals surface area contributed by atoms with Gasteiger partial charge in [-0.2, -0.15) is 0 Å². The first kappa shape index (κ1) is 13.6. The smallest absolute Gasteiger partial charge is 0.122 e. The van der Waals surface area contributed by atoms with Crippen molar-refractivity contribution >= 4 is 11.4 Å². The number of rotatable bonds is 1. The van der Waals surface area contributed by atoms with Crippen LogP contribution in [0.25, 0.3) is 0 Å². The van der Waals surface area contributed by atoms with E-state index in [9.17, 15) is 5.11 Å². The summed E-state index contributed by atoms with van der Waals surface area (Å²) in [5.74, 6) is 0.443. The van der Waals surface area contributed by atoms with Gasteiger partial charge in [0, 0.05) is 42.6 Å². The van der Waals surface area contributed by atoms with E-state index in [0.717, 1.165) is 56.2 Å². The second-order valence-electron chi connectivity index (χ2n) is 5.68. The average Bonchev–Trinajstić information content (AvgIpc) is 2.60. The van der Waals surface area contributed by atoms with Crippen molar-refractivity contribution in [2.24, 2.45) is 0 Å². The highest BCUT2D eigenvalue weighted by molar-refractivity contribution is 5.67. The zero-order valence-electron chi connectivity index (χ0n) is 12.0. The molecule has 110 valence electrons. The van der Waals surface area contributed by atoms with E-state index in [1.807, 2.05) is 6.07 Å². The molecule has 1 fully saturated rings. The fraction of sp³-hybridized carbons (Fsp3) is 0.625. The lowest BCUT2D eigenvalue weighted by Crippen LogP contribution is -2.36. The maximum atomic E-state index is 10.4. The maximum absolute atomic E-state index is 10.4. The quantitative estimate of drug-likeness (QED) is 0.828.